The summed E-state index contributed by atoms with van der Waals surface area (Å²) in [5, 5.41) is 0. The predicted molar refractivity (Wildman–Crippen MR) is 229 cm³/mol. The van der Waals surface area contributed by atoms with Gasteiger partial charge in [-0.3, -0.25) is 13.8 Å². The summed E-state index contributed by atoms with van der Waals surface area (Å²) < 4.78 is 33.3. The van der Waals surface area contributed by atoms with Gasteiger partial charge < -0.3 is 20.1 Å². The van der Waals surface area contributed by atoms with E-state index in [1.807, 2.05) is 6.08 Å². The van der Waals surface area contributed by atoms with Gasteiger partial charge >= 0.3 is 13.8 Å². The van der Waals surface area contributed by atoms with Crippen molar-refractivity contribution in [3.05, 3.63) is 12.3 Å². The molecule has 0 rings (SSSR count). The minimum absolute atomic E-state index is 0.0575. The van der Waals surface area contributed by atoms with Crippen LogP contribution in [0.25, 0.3) is 0 Å². The highest BCUT2D eigenvalue weighted by atomic mass is 31.2. The van der Waals surface area contributed by atoms with Crippen molar-refractivity contribution < 1.29 is 32.8 Å². The standard InChI is InChI=1S/C45H90NO7P/c1-3-5-7-9-11-13-15-17-19-21-22-23-24-26-28-30-32-34-36-38-45(47)51-42-44(43-53-54(48,49)52-41-39-46)50-40-37-35-33-31-29-27-25-20-18-16-14-12-10-8-6-4-2/h37,40,44H,3-36,38-39,41-43,46H2,1-2H3,(H,48,49). The number of allylic oxidation sites excluding steroid dienone is 1. The Balaban J connectivity index is 3.98. The van der Waals surface area contributed by atoms with Crippen LogP contribution in [0.1, 0.15) is 239 Å². The molecule has 0 amide bonds. The van der Waals surface area contributed by atoms with E-state index in [9.17, 15) is 14.3 Å². The number of ether oxygens (including phenoxy) is 2. The fraction of sp³-hybridized carbons (Fsp3) is 0.933. The van der Waals surface area contributed by atoms with Crippen LogP contribution in [-0.2, 0) is 27.9 Å². The van der Waals surface area contributed by atoms with Gasteiger partial charge in [-0.15, -0.1) is 0 Å². The first-order valence-electron chi connectivity index (χ1n) is 23.2. The molecule has 8 nitrogen and oxygen atoms in total. The second-order valence-electron chi connectivity index (χ2n) is 15.7. The van der Waals surface area contributed by atoms with Crippen molar-refractivity contribution >= 4 is 13.8 Å². The number of hydrogen-bond donors (Lipinski definition) is 2. The summed E-state index contributed by atoms with van der Waals surface area (Å²) in [5.74, 6) is -0.284. The van der Waals surface area contributed by atoms with E-state index in [4.69, 9.17) is 24.3 Å². The van der Waals surface area contributed by atoms with E-state index in [0.29, 0.717) is 6.42 Å². The van der Waals surface area contributed by atoms with Crippen LogP contribution in [0.5, 0.6) is 0 Å². The van der Waals surface area contributed by atoms with Crippen molar-refractivity contribution in [2.45, 2.75) is 245 Å². The largest absolute Gasteiger partial charge is 0.492 e. The molecule has 9 heteroatoms. The molecule has 2 atom stereocenters. The lowest BCUT2D eigenvalue weighted by molar-refractivity contribution is -0.147. The molecule has 2 unspecified atom stereocenters. The molecule has 0 aliphatic heterocycles. The molecule has 0 aromatic carbocycles. The third-order valence-electron chi connectivity index (χ3n) is 10.3. The summed E-state index contributed by atoms with van der Waals surface area (Å²) in [6.07, 6.45) is 47.6. The molecule has 0 heterocycles. The van der Waals surface area contributed by atoms with Gasteiger partial charge in [0, 0.05) is 13.0 Å². The fourth-order valence-corrected chi connectivity index (χ4v) is 7.57. The highest BCUT2D eigenvalue weighted by Crippen LogP contribution is 2.43. The van der Waals surface area contributed by atoms with Gasteiger partial charge in [0.15, 0.2) is 6.10 Å². The summed E-state index contributed by atoms with van der Waals surface area (Å²) in [6.45, 7) is 4.26. The number of carbonyl (C=O) groups excluding carboxylic acids is 1. The molecule has 0 aromatic heterocycles. The van der Waals surface area contributed by atoms with Crippen LogP contribution >= 0.6 is 7.82 Å². The van der Waals surface area contributed by atoms with Crippen LogP contribution in [0.15, 0.2) is 12.3 Å². The highest BCUT2D eigenvalue weighted by molar-refractivity contribution is 7.47. The Labute approximate surface area is 334 Å². The average Bonchev–Trinajstić information content (AvgIpc) is 3.16. The van der Waals surface area contributed by atoms with Gasteiger partial charge in [0.1, 0.15) is 6.61 Å². The number of esters is 1. The first-order chi connectivity index (χ1) is 26.4. The summed E-state index contributed by atoms with van der Waals surface area (Å²) in [4.78, 5) is 22.3. The van der Waals surface area contributed by atoms with Gasteiger partial charge in [0.2, 0.25) is 0 Å². The quantitative estimate of drug-likeness (QED) is 0.0271. The Morgan fingerprint density at radius 3 is 1.31 bits per heavy atom. The zero-order valence-electron chi connectivity index (χ0n) is 35.7. The minimum atomic E-state index is -4.26. The molecular weight excluding hydrogens is 697 g/mol. The first-order valence-corrected chi connectivity index (χ1v) is 24.7. The lowest BCUT2D eigenvalue weighted by atomic mass is 10.0. The number of nitrogens with two attached hydrogens (primary N) is 1. The second kappa shape index (κ2) is 43.2. The summed E-state index contributed by atoms with van der Waals surface area (Å²) in [6, 6.07) is 0. The van der Waals surface area contributed by atoms with Crippen molar-refractivity contribution in [1.29, 1.82) is 0 Å². The summed E-state index contributed by atoms with van der Waals surface area (Å²) >= 11 is 0. The second-order valence-corrected chi connectivity index (χ2v) is 17.2. The molecule has 0 aromatic rings. The normalized spacial score (nSPS) is 13.4. The average molecular weight is 788 g/mol. The monoisotopic (exact) mass is 788 g/mol. The molecule has 0 saturated carbocycles. The van der Waals surface area contributed by atoms with E-state index in [1.165, 1.54) is 186 Å². The highest BCUT2D eigenvalue weighted by Gasteiger charge is 2.24. The summed E-state index contributed by atoms with van der Waals surface area (Å²) in [7, 11) is -4.26. The molecule has 322 valence electrons. The Bertz CT molecular complexity index is 843. The van der Waals surface area contributed by atoms with Gasteiger partial charge in [-0.05, 0) is 25.3 Å². The van der Waals surface area contributed by atoms with E-state index in [0.717, 1.165) is 32.1 Å². The SMILES string of the molecule is CCCCCCCCCCCCCCCCC=COC(COC(=O)CCCCCCCCCCCCCCCCCCCCC)COP(=O)(O)OCCN. The van der Waals surface area contributed by atoms with Crippen molar-refractivity contribution in [3.8, 4) is 0 Å². The van der Waals surface area contributed by atoms with E-state index in [1.54, 1.807) is 6.26 Å². The van der Waals surface area contributed by atoms with Crippen molar-refractivity contribution in [2.75, 3.05) is 26.4 Å². The predicted octanol–water partition coefficient (Wildman–Crippen LogP) is 14.2. The van der Waals surface area contributed by atoms with Crippen LogP contribution in [0.3, 0.4) is 0 Å². The smallest absolute Gasteiger partial charge is 0.472 e. The maximum Gasteiger partial charge on any atom is 0.472 e. The number of phosphoric ester groups is 1. The third kappa shape index (κ3) is 42.2. The minimum Gasteiger partial charge on any atom is -0.492 e. The maximum absolute atomic E-state index is 12.4. The van der Waals surface area contributed by atoms with Crippen molar-refractivity contribution in [1.82, 2.24) is 0 Å². The van der Waals surface area contributed by atoms with Gasteiger partial charge in [-0.1, -0.05) is 213 Å². The fourth-order valence-electron chi connectivity index (χ4n) is 6.81. The van der Waals surface area contributed by atoms with Gasteiger partial charge in [-0.25, -0.2) is 4.57 Å². The Morgan fingerprint density at radius 2 is 0.926 bits per heavy atom. The third-order valence-corrected chi connectivity index (χ3v) is 11.3. The Kier molecular flexibility index (Phi) is 42.5. The van der Waals surface area contributed by atoms with Crippen LogP contribution in [-0.4, -0.2) is 43.3 Å². The number of hydrogen-bond acceptors (Lipinski definition) is 7. The topological polar surface area (TPSA) is 117 Å². The van der Waals surface area contributed by atoms with Crippen molar-refractivity contribution in [2.24, 2.45) is 5.73 Å². The van der Waals surface area contributed by atoms with Crippen LogP contribution in [0.2, 0.25) is 0 Å². The lowest BCUT2D eigenvalue weighted by Crippen LogP contribution is -2.25. The molecule has 0 saturated heterocycles. The number of rotatable bonds is 45. The summed E-state index contributed by atoms with van der Waals surface area (Å²) in [5.41, 5.74) is 5.37. The van der Waals surface area contributed by atoms with E-state index < -0.39 is 13.9 Å². The number of phosphoric acid groups is 1. The Morgan fingerprint density at radius 1 is 0.556 bits per heavy atom. The van der Waals surface area contributed by atoms with Crippen LogP contribution in [0.4, 0.5) is 0 Å². The molecule has 0 aliphatic rings. The number of carbonyl (C=O) groups is 1. The van der Waals surface area contributed by atoms with Crippen LogP contribution in [0, 0.1) is 0 Å². The molecule has 54 heavy (non-hydrogen) atoms. The van der Waals surface area contributed by atoms with E-state index in [2.05, 4.69) is 13.8 Å². The lowest BCUT2D eigenvalue weighted by Gasteiger charge is -2.19. The molecule has 0 spiro atoms. The number of unbranched alkanes of at least 4 members (excludes halogenated alkanes) is 32. The molecule has 3 N–H and O–H groups in total. The van der Waals surface area contributed by atoms with Crippen molar-refractivity contribution in [3.63, 3.8) is 0 Å². The Hall–Kier alpha value is -0.920. The van der Waals surface area contributed by atoms with E-state index in [-0.39, 0.29) is 32.3 Å². The van der Waals surface area contributed by atoms with Gasteiger partial charge in [-0.2, -0.15) is 0 Å². The van der Waals surface area contributed by atoms with Crippen LogP contribution < -0.4 is 5.73 Å². The molecular formula is C45H90NO7P. The maximum atomic E-state index is 12.4. The molecule has 0 fully saturated rings. The van der Waals surface area contributed by atoms with Gasteiger partial charge in [0.25, 0.3) is 0 Å². The molecule has 0 bridgehead atoms. The zero-order valence-corrected chi connectivity index (χ0v) is 36.6. The van der Waals surface area contributed by atoms with E-state index >= 15 is 0 Å². The molecule has 0 radical (unpaired) electrons. The molecule has 0 aliphatic carbocycles. The zero-order chi connectivity index (χ0) is 39.5. The first kappa shape index (κ1) is 53.1. The van der Waals surface area contributed by atoms with Gasteiger partial charge in [0.05, 0.1) is 19.5 Å².